The minimum atomic E-state index is 0.0977. The number of benzene rings is 1. The van der Waals surface area contributed by atoms with Crippen LogP contribution in [0.5, 0.6) is 0 Å². The molecule has 15 heavy (non-hydrogen) atoms. The van der Waals surface area contributed by atoms with Crippen molar-refractivity contribution in [2.75, 3.05) is 5.32 Å². The molecule has 0 radical (unpaired) electrons. The predicted octanol–water partition coefficient (Wildman–Crippen LogP) is 1.67. The minimum absolute atomic E-state index is 0.0977. The van der Waals surface area contributed by atoms with E-state index in [0.717, 1.165) is 18.5 Å². The van der Waals surface area contributed by atoms with E-state index in [4.69, 9.17) is 5.73 Å². The van der Waals surface area contributed by atoms with Crippen LogP contribution in [0.4, 0.5) is 5.69 Å². The highest BCUT2D eigenvalue weighted by Crippen LogP contribution is 2.26. The number of hydrogen-bond acceptors (Lipinski definition) is 2. The molecule has 0 bridgehead atoms. The standard InChI is InChI=1S/C12H16N2O/c1-8-2-4-11(5-3-8)14-12(15)9-6-10(13)7-9/h2-5,9-10H,6-7,13H2,1H3,(H,14,15). The molecule has 80 valence electrons. The van der Waals surface area contributed by atoms with Crippen molar-refractivity contribution in [3.05, 3.63) is 29.8 Å². The summed E-state index contributed by atoms with van der Waals surface area (Å²) in [6.45, 7) is 2.02. The maximum Gasteiger partial charge on any atom is 0.227 e. The normalized spacial score (nSPS) is 24.4. The molecule has 2 rings (SSSR count). The van der Waals surface area contributed by atoms with Crippen molar-refractivity contribution < 1.29 is 4.79 Å². The van der Waals surface area contributed by atoms with Gasteiger partial charge in [-0.1, -0.05) is 17.7 Å². The predicted molar refractivity (Wildman–Crippen MR) is 60.5 cm³/mol. The number of carbonyl (C=O) groups is 1. The molecule has 0 aromatic heterocycles. The third kappa shape index (κ3) is 2.36. The van der Waals surface area contributed by atoms with Gasteiger partial charge in [0.25, 0.3) is 0 Å². The van der Waals surface area contributed by atoms with E-state index in [1.165, 1.54) is 5.56 Å². The quantitative estimate of drug-likeness (QED) is 0.770. The SMILES string of the molecule is Cc1ccc(NC(=O)C2CC(N)C2)cc1. The fourth-order valence-corrected chi connectivity index (χ4v) is 1.76. The molecule has 1 amide bonds. The first-order valence-electron chi connectivity index (χ1n) is 5.28. The van der Waals surface area contributed by atoms with E-state index in [1.54, 1.807) is 0 Å². The van der Waals surface area contributed by atoms with Crippen LogP contribution in [0.1, 0.15) is 18.4 Å². The molecule has 1 aromatic carbocycles. The van der Waals surface area contributed by atoms with Crippen LogP contribution in [0.2, 0.25) is 0 Å². The summed E-state index contributed by atoms with van der Waals surface area (Å²) in [6, 6.07) is 8.04. The van der Waals surface area contributed by atoms with Crippen LogP contribution in [-0.4, -0.2) is 11.9 Å². The summed E-state index contributed by atoms with van der Waals surface area (Å²) in [4.78, 5) is 11.7. The van der Waals surface area contributed by atoms with Gasteiger partial charge in [-0.05, 0) is 31.9 Å². The Kier molecular flexibility index (Phi) is 2.73. The Balaban J connectivity index is 1.91. The number of carbonyl (C=O) groups excluding carboxylic acids is 1. The topological polar surface area (TPSA) is 55.1 Å². The van der Waals surface area contributed by atoms with Gasteiger partial charge in [0, 0.05) is 17.6 Å². The summed E-state index contributed by atoms with van der Waals surface area (Å²) in [6.07, 6.45) is 1.63. The fraction of sp³-hybridized carbons (Fsp3) is 0.417. The lowest BCUT2D eigenvalue weighted by atomic mass is 9.80. The summed E-state index contributed by atoms with van der Waals surface area (Å²) in [7, 11) is 0. The largest absolute Gasteiger partial charge is 0.328 e. The monoisotopic (exact) mass is 204 g/mol. The molecule has 0 atom stereocenters. The number of nitrogens with one attached hydrogen (secondary N) is 1. The molecule has 1 fully saturated rings. The molecule has 1 aliphatic carbocycles. The van der Waals surface area contributed by atoms with Gasteiger partial charge >= 0.3 is 0 Å². The second kappa shape index (κ2) is 4.03. The van der Waals surface area contributed by atoms with Crippen LogP contribution >= 0.6 is 0 Å². The third-order valence-corrected chi connectivity index (χ3v) is 2.86. The summed E-state index contributed by atoms with van der Waals surface area (Å²) in [5.41, 5.74) is 7.70. The van der Waals surface area contributed by atoms with Crippen LogP contribution < -0.4 is 11.1 Å². The van der Waals surface area contributed by atoms with Crippen LogP contribution in [0, 0.1) is 12.8 Å². The fourth-order valence-electron chi connectivity index (χ4n) is 1.76. The van der Waals surface area contributed by atoms with Gasteiger partial charge in [-0.25, -0.2) is 0 Å². The zero-order valence-corrected chi connectivity index (χ0v) is 8.86. The Morgan fingerprint density at radius 3 is 2.47 bits per heavy atom. The van der Waals surface area contributed by atoms with E-state index in [9.17, 15) is 4.79 Å². The lowest BCUT2D eigenvalue weighted by Gasteiger charge is -2.31. The summed E-state index contributed by atoms with van der Waals surface area (Å²) >= 11 is 0. The average Bonchev–Trinajstić information content (AvgIpc) is 2.17. The maximum atomic E-state index is 11.7. The smallest absolute Gasteiger partial charge is 0.227 e. The first-order valence-corrected chi connectivity index (χ1v) is 5.28. The van der Waals surface area contributed by atoms with Crippen LogP contribution in [0.25, 0.3) is 0 Å². The van der Waals surface area contributed by atoms with Crippen LogP contribution in [-0.2, 0) is 4.79 Å². The molecule has 0 saturated heterocycles. The van der Waals surface area contributed by atoms with Crippen molar-refractivity contribution in [2.24, 2.45) is 11.7 Å². The van der Waals surface area contributed by atoms with Gasteiger partial charge in [-0.15, -0.1) is 0 Å². The zero-order valence-electron chi connectivity index (χ0n) is 8.86. The Hall–Kier alpha value is -1.35. The van der Waals surface area contributed by atoms with E-state index < -0.39 is 0 Å². The highest BCUT2D eigenvalue weighted by molar-refractivity contribution is 5.93. The molecule has 3 heteroatoms. The number of amides is 1. The molecular formula is C12H16N2O. The molecule has 1 aromatic rings. The molecule has 0 unspecified atom stereocenters. The van der Waals surface area contributed by atoms with Gasteiger partial charge in [-0.3, -0.25) is 4.79 Å². The molecule has 0 heterocycles. The molecule has 0 spiro atoms. The van der Waals surface area contributed by atoms with Gasteiger partial charge < -0.3 is 11.1 Å². The Morgan fingerprint density at radius 1 is 1.33 bits per heavy atom. The van der Waals surface area contributed by atoms with Crippen molar-refractivity contribution in [2.45, 2.75) is 25.8 Å². The molecule has 3 nitrogen and oxygen atoms in total. The van der Waals surface area contributed by atoms with Gasteiger partial charge in [0.05, 0.1) is 0 Å². The van der Waals surface area contributed by atoms with Gasteiger partial charge in [0.2, 0.25) is 5.91 Å². The Bertz CT molecular complexity index is 352. The minimum Gasteiger partial charge on any atom is -0.328 e. The van der Waals surface area contributed by atoms with Crippen molar-refractivity contribution in [1.82, 2.24) is 0 Å². The molecular weight excluding hydrogens is 188 g/mol. The first-order chi connectivity index (χ1) is 7.15. The highest BCUT2D eigenvalue weighted by Gasteiger charge is 2.31. The van der Waals surface area contributed by atoms with Gasteiger partial charge in [0.1, 0.15) is 0 Å². The van der Waals surface area contributed by atoms with Crippen molar-refractivity contribution in [3.8, 4) is 0 Å². The maximum absolute atomic E-state index is 11.7. The highest BCUT2D eigenvalue weighted by atomic mass is 16.1. The van der Waals surface area contributed by atoms with E-state index in [0.29, 0.717) is 0 Å². The average molecular weight is 204 g/mol. The van der Waals surface area contributed by atoms with Crippen molar-refractivity contribution >= 4 is 11.6 Å². The Morgan fingerprint density at radius 2 is 1.93 bits per heavy atom. The molecule has 3 N–H and O–H groups in total. The number of hydrogen-bond donors (Lipinski definition) is 2. The van der Waals surface area contributed by atoms with E-state index in [1.807, 2.05) is 31.2 Å². The van der Waals surface area contributed by atoms with E-state index in [2.05, 4.69) is 5.32 Å². The number of anilines is 1. The van der Waals surface area contributed by atoms with Gasteiger partial charge in [0.15, 0.2) is 0 Å². The molecule has 0 aliphatic heterocycles. The summed E-state index contributed by atoms with van der Waals surface area (Å²) in [5, 5.41) is 2.90. The third-order valence-electron chi connectivity index (χ3n) is 2.86. The Labute approximate surface area is 89.7 Å². The second-order valence-corrected chi connectivity index (χ2v) is 4.28. The first kappa shape index (κ1) is 10.2. The van der Waals surface area contributed by atoms with Crippen molar-refractivity contribution in [3.63, 3.8) is 0 Å². The van der Waals surface area contributed by atoms with Crippen LogP contribution in [0.3, 0.4) is 0 Å². The summed E-state index contributed by atoms with van der Waals surface area (Å²) < 4.78 is 0. The zero-order chi connectivity index (χ0) is 10.8. The van der Waals surface area contributed by atoms with Crippen LogP contribution in [0.15, 0.2) is 24.3 Å². The van der Waals surface area contributed by atoms with Crippen molar-refractivity contribution in [1.29, 1.82) is 0 Å². The van der Waals surface area contributed by atoms with E-state index >= 15 is 0 Å². The summed E-state index contributed by atoms with van der Waals surface area (Å²) in [5.74, 6) is 0.210. The second-order valence-electron chi connectivity index (χ2n) is 4.28. The molecule has 1 saturated carbocycles. The number of nitrogens with two attached hydrogens (primary N) is 1. The lowest BCUT2D eigenvalue weighted by Crippen LogP contribution is -2.42. The number of rotatable bonds is 2. The van der Waals surface area contributed by atoms with E-state index in [-0.39, 0.29) is 17.9 Å². The molecule has 1 aliphatic rings. The number of aryl methyl sites for hydroxylation is 1. The van der Waals surface area contributed by atoms with Gasteiger partial charge in [-0.2, -0.15) is 0 Å². The lowest BCUT2D eigenvalue weighted by molar-refractivity contribution is -0.122.